The van der Waals surface area contributed by atoms with E-state index in [2.05, 4.69) is 24.0 Å². The number of aromatic nitrogens is 1. The number of hydrogen-bond donors (Lipinski definition) is 0. The first-order chi connectivity index (χ1) is 13.4. The molecule has 28 heavy (non-hydrogen) atoms. The smallest absolute Gasteiger partial charge is 0.338 e. The number of hydrogen-bond acceptors (Lipinski definition) is 5. The van der Waals surface area contributed by atoms with Crippen LogP contribution in [0.2, 0.25) is 10.0 Å². The van der Waals surface area contributed by atoms with Crippen LogP contribution in [0, 0.1) is 0 Å². The van der Waals surface area contributed by atoms with Gasteiger partial charge in [-0.25, -0.2) is 9.78 Å². The zero-order valence-corrected chi connectivity index (χ0v) is 17.1. The number of ether oxygens (including phenoxy) is 1. The summed E-state index contributed by atoms with van der Waals surface area (Å²) in [4.78, 5) is 19.2. The van der Waals surface area contributed by atoms with Gasteiger partial charge in [-0.1, -0.05) is 23.2 Å². The van der Waals surface area contributed by atoms with Crippen molar-refractivity contribution in [3.8, 4) is 11.5 Å². The summed E-state index contributed by atoms with van der Waals surface area (Å²) < 4.78 is 11.5. The molecule has 0 saturated heterocycles. The highest BCUT2D eigenvalue weighted by Gasteiger charge is 2.29. The number of nitrogens with zero attached hydrogens (tertiary/aromatic N) is 2. The van der Waals surface area contributed by atoms with Gasteiger partial charge in [0, 0.05) is 21.7 Å². The Kier molecular flexibility index (Phi) is 5.32. The Morgan fingerprint density at radius 3 is 2.57 bits per heavy atom. The number of fused-ring (bicyclic) bond motifs is 1. The lowest BCUT2D eigenvalue weighted by Crippen LogP contribution is -2.26. The van der Waals surface area contributed by atoms with Gasteiger partial charge >= 0.3 is 5.97 Å². The van der Waals surface area contributed by atoms with Gasteiger partial charge in [0.25, 0.3) is 0 Å². The van der Waals surface area contributed by atoms with Crippen LogP contribution in [-0.4, -0.2) is 42.1 Å². The molecule has 3 aromatic rings. The molecule has 4 rings (SSSR count). The molecule has 2 atom stereocenters. The van der Waals surface area contributed by atoms with Gasteiger partial charge in [-0.2, -0.15) is 0 Å². The lowest BCUT2D eigenvalue weighted by Gasteiger charge is -2.18. The van der Waals surface area contributed by atoms with E-state index in [0.717, 1.165) is 19.3 Å². The van der Waals surface area contributed by atoms with Crippen molar-refractivity contribution in [2.24, 2.45) is 0 Å². The molecule has 1 saturated carbocycles. The molecular formula is C21H20Cl2N2O3. The standard InChI is InChI=1S/C21H20Cl2N2O3/c1-25(2)16-4-5-17(11-16)27-21(26)12-3-6-18-19(9-12)28-20(24-18)13-7-14(22)10-15(23)8-13/h3,6-10,16-17H,4-5,11H2,1-2H3/t16-,17+/m1/s1. The normalized spacial score (nSPS) is 19.5. The van der Waals surface area contributed by atoms with Crippen LogP contribution in [0.15, 0.2) is 40.8 Å². The third kappa shape index (κ3) is 4.02. The van der Waals surface area contributed by atoms with Crippen LogP contribution in [0.4, 0.5) is 0 Å². The molecule has 7 heteroatoms. The minimum atomic E-state index is -0.338. The van der Waals surface area contributed by atoms with E-state index in [9.17, 15) is 4.79 Å². The van der Waals surface area contributed by atoms with Gasteiger partial charge in [-0.15, -0.1) is 0 Å². The van der Waals surface area contributed by atoms with Crippen LogP contribution in [0.25, 0.3) is 22.6 Å². The zero-order valence-electron chi connectivity index (χ0n) is 15.6. The van der Waals surface area contributed by atoms with E-state index < -0.39 is 0 Å². The Bertz CT molecular complexity index is 1010. The third-order valence-electron chi connectivity index (χ3n) is 5.09. The second-order valence-corrected chi connectivity index (χ2v) is 8.19. The Hall–Kier alpha value is -2.08. The molecule has 0 N–H and O–H groups in total. The maximum absolute atomic E-state index is 12.6. The summed E-state index contributed by atoms with van der Waals surface area (Å²) in [5.41, 5.74) is 2.29. The van der Waals surface area contributed by atoms with Crippen molar-refractivity contribution in [1.29, 1.82) is 0 Å². The fraction of sp³-hybridized carbons (Fsp3) is 0.333. The highest BCUT2D eigenvalue weighted by molar-refractivity contribution is 6.35. The second kappa shape index (κ2) is 7.74. The van der Waals surface area contributed by atoms with Crippen LogP contribution in [-0.2, 0) is 4.74 Å². The van der Waals surface area contributed by atoms with Gasteiger partial charge in [0.15, 0.2) is 5.58 Å². The maximum atomic E-state index is 12.6. The van der Waals surface area contributed by atoms with Crippen molar-refractivity contribution < 1.29 is 13.9 Å². The van der Waals surface area contributed by atoms with E-state index in [0.29, 0.717) is 44.2 Å². The van der Waals surface area contributed by atoms with Crippen molar-refractivity contribution in [3.05, 3.63) is 52.0 Å². The number of rotatable bonds is 4. The Morgan fingerprint density at radius 2 is 1.89 bits per heavy atom. The Balaban J connectivity index is 1.54. The number of halogens is 2. The van der Waals surface area contributed by atoms with Crippen LogP contribution in [0.5, 0.6) is 0 Å². The van der Waals surface area contributed by atoms with Gasteiger partial charge in [0.2, 0.25) is 5.89 Å². The summed E-state index contributed by atoms with van der Waals surface area (Å²) in [6, 6.07) is 10.7. The molecular weight excluding hydrogens is 399 g/mol. The number of carbonyl (C=O) groups is 1. The van der Waals surface area contributed by atoms with Gasteiger partial charge in [0.1, 0.15) is 11.6 Å². The Labute approximate surface area is 173 Å². The third-order valence-corrected chi connectivity index (χ3v) is 5.53. The Morgan fingerprint density at radius 1 is 1.14 bits per heavy atom. The van der Waals surface area contributed by atoms with Gasteiger partial charge in [-0.05, 0) is 69.8 Å². The molecule has 0 radical (unpaired) electrons. The molecule has 1 aliphatic rings. The SMILES string of the molecule is CN(C)[C@@H]1CC[C@H](OC(=O)c2ccc3nc(-c4cc(Cl)cc(Cl)c4)oc3c2)C1. The van der Waals surface area contributed by atoms with E-state index in [-0.39, 0.29) is 12.1 Å². The fourth-order valence-corrected chi connectivity index (χ4v) is 4.09. The van der Waals surface area contributed by atoms with E-state index >= 15 is 0 Å². The molecule has 1 heterocycles. The first kappa shape index (κ1) is 19.2. The summed E-state index contributed by atoms with van der Waals surface area (Å²) >= 11 is 12.1. The summed E-state index contributed by atoms with van der Waals surface area (Å²) in [6.45, 7) is 0. The zero-order chi connectivity index (χ0) is 19.8. The average molecular weight is 419 g/mol. The summed E-state index contributed by atoms with van der Waals surface area (Å²) in [6.07, 6.45) is 2.74. The van der Waals surface area contributed by atoms with E-state index in [4.69, 9.17) is 32.4 Å². The molecule has 0 unspecified atom stereocenters. The van der Waals surface area contributed by atoms with Gasteiger partial charge in [0.05, 0.1) is 5.56 Å². The monoisotopic (exact) mass is 418 g/mol. The predicted molar refractivity (Wildman–Crippen MR) is 110 cm³/mol. The van der Waals surface area contributed by atoms with Crippen LogP contribution < -0.4 is 0 Å². The molecule has 0 spiro atoms. The van der Waals surface area contributed by atoms with Gasteiger partial charge in [-0.3, -0.25) is 0 Å². The topological polar surface area (TPSA) is 55.6 Å². The highest BCUT2D eigenvalue weighted by atomic mass is 35.5. The van der Waals surface area contributed by atoms with Crippen molar-refractivity contribution in [2.75, 3.05) is 14.1 Å². The number of oxazole rings is 1. The molecule has 1 aromatic heterocycles. The number of esters is 1. The van der Waals surface area contributed by atoms with Crippen molar-refractivity contribution >= 4 is 40.3 Å². The van der Waals surface area contributed by atoms with Crippen molar-refractivity contribution in [1.82, 2.24) is 9.88 Å². The first-order valence-corrected chi connectivity index (χ1v) is 9.89. The van der Waals surface area contributed by atoms with Crippen molar-refractivity contribution in [3.63, 3.8) is 0 Å². The molecule has 0 bridgehead atoms. The molecule has 146 valence electrons. The maximum Gasteiger partial charge on any atom is 0.338 e. The summed E-state index contributed by atoms with van der Waals surface area (Å²) in [5.74, 6) is 0.0598. The van der Waals surface area contributed by atoms with Crippen molar-refractivity contribution in [2.45, 2.75) is 31.4 Å². The van der Waals surface area contributed by atoms with E-state index in [1.54, 1.807) is 36.4 Å². The molecule has 0 aliphatic heterocycles. The average Bonchev–Trinajstić information content (AvgIpc) is 3.26. The molecule has 2 aromatic carbocycles. The lowest BCUT2D eigenvalue weighted by molar-refractivity contribution is 0.0304. The minimum Gasteiger partial charge on any atom is -0.459 e. The highest BCUT2D eigenvalue weighted by Crippen LogP contribution is 2.30. The van der Waals surface area contributed by atoms with Gasteiger partial charge < -0.3 is 14.1 Å². The van der Waals surface area contributed by atoms with Crippen LogP contribution in [0.3, 0.4) is 0 Å². The summed E-state index contributed by atoms with van der Waals surface area (Å²) in [7, 11) is 4.11. The number of carbonyl (C=O) groups excluding carboxylic acids is 1. The van der Waals surface area contributed by atoms with Crippen LogP contribution in [0.1, 0.15) is 29.6 Å². The lowest BCUT2D eigenvalue weighted by atomic mass is 10.2. The molecule has 1 aliphatic carbocycles. The van der Waals surface area contributed by atoms with Crippen LogP contribution >= 0.6 is 23.2 Å². The quantitative estimate of drug-likeness (QED) is 0.527. The fourth-order valence-electron chi connectivity index (χ4n) is 3.57. The van der Waals surface area contributed by atoms with E-state index in [1.807, 2.05) is 0 Å². The molecule has 1 fully saturated rings. The summed E-state index contributed by atoms with van der Waals surface area (Å²) in [5, 5.41) is 1.00. The number of benzene rings is 2. The largest absolute Gasteiger partial charge is 0.459 e. The minimum absolute atomic E-state index is 0.0468. The second-order valence-electron chi connectivity index (χ2n) is 7.32. The van der Waals surface area contributed by atoms with E-state index in [1.165, 1.54) is 0 Å². The first-order valence-electron chi connectivity index (χ1n) is 9.13. The molecule has 0 amide bonds. The predicted octanol–water partition coefficient (Wildman–Crippen LogP) is 5.44. The molecule has 5 nitrogen and oxygen atoms in total.